The second-order valence-electron chi connectivity index (χ2n) is 14.2. The Labute approximate surface area is 303 Å². The standard InChI is InChI=1S/C45H61N5/c1-4-5-6-7-8-9-10-11-12-13-14-15-16-17-24-39-35-49(42-31-27-40(28-32-42)46-44-25-20-18-22-37(44)2)48-50(36-39)43-33-29-41(30-34-43)47-45-26-21-19-23-38(45)3/h18-23,25-35,46-48H,4-17,24,36H2,1-3H3. The first-order valence-corrected chi connectivity index (χ1v) is 19.5. The van der Waals surface area contributed by atoms with Crippen molar-refractivity contribution in [3.8, 4) is 0 Å². The summed E-state index contributed by atoms with van der Waals surface area (Å²) in [7, 11) is 0. The summed E-state index contributed by atoms with van der Waals surface area (Å²) in [6.45, 7) is 7.44. The SMILES string of the molecule is CCCCCCCCCCCCCCCCC1=CN(c2ccc(Nc3ccccc3C)cc2)NN(c2ccc(Nc3ccccc3C)cc2)C1. The van der Waals surface area contributed by atoms with E-state index in [2.05, 4.69) is 150 Å². The number of anilines is 6. The molecule has 3 N–H and O–H groups in total. The van der Waals surface area contributed by atoms with Gasteiger partial charge in [0, 0.05) is 28.9 Å². The zero-order chi connectivity index (χ0) is 34.8. The van der Waals surface area contributed by atoms with Crippen LogP contribution in [0.25, 0.3) is 0 Å². The minimum atomic E-state index is 0.867. The Bertz CT molecular complexity index is 1580. The van der Waals surface area contributed by atoms with Crippen LogP contribution >= 0.6 is 0 Å². The van der Waals surface area contributed by atoms with Crippen LogP contribution in [-0.2, 0) is 0 Å². The average Bonchev–Trinajstić information content (AvgIpc) is 3.14. The van der Waals surface area contributed by atoms with Crippen molar-refractivity contribution in [2.24, 2.45) is 0 Å². The van der Waals surface area contributed by atoms with Gasteiger partial charge in [-0.2, -0.15) is 0 Å². The average molecular weight is 672 g/mol. The van der Waals surface area contributed by atoms with Crippen LogP contribution in [0, 0.1) is 13.8 Å². The number of unbranched alkanes of at least 4 members (excludes halogenated alkanes) is 13. The van der Waals surface area contributed by atoms with Crippen LogP contribution in [0.2, 0.25) is 0 Å². The van der Waals surface area contributed by atoms with Crippen molar-refractivity contribution >= 4 is 34.1 Å². The van der Waals surface area contributed by atoms with Crippen molar-refractivity contribution in [1.82, 2.24) is 5.53 Å². The van der Waals surface area contributed by atoms with Gasteiger partial charge in [-0.15, -0.1) is 5.53 Å². The van der Waals surface area contributed by atoms with E-state index in [1.807, 2.05) is 0 Å². The van der Waals surface area contributed by atoms with Crippen LogP contribution in [0.3, 0.4) is 0 Å². The molecule has 0 unspecified atom stereocenters. The first kappa shape index (κ1) is 37.0. The highest BCUT2D eigenvalue weighted by molar-refractivity contribution is 5.67. The van der Waals surface area contributed by atoms with Crippen molar-refractivity contribution < 1.29 is 0 Å². The van der Waals surface area contributed by atoms with E-state index in [1.165, 1.54) is 107 Å². The summed E-state index contributed by atoms with van der Waals surface area (Å²) in [5.74, 6) is 0. The molecule has 5 heteroatoms. The Morgan fingerprint density at radius 3 is 1.44 bits per heavy atom. The second-order valence-corrected chi connectivity index (χ2v) is 14.2. The fraction of sp³-hybridized carbons (Fsp3) is 0.422. The summed E-state index contributed by atoms with van der Waals surface area (Å²) >= 11 is 0. The fourth-order valence-electron chi connectivity index (χ4n) is 6.76. The number of rotatable bonds is 21. The summed E-state index contributed by atoms with van der Waals surface area (Å²) < 4.78 is 0. The smallest absolute Gasteiger partial charge is 0.0590 e. The molecule has 50 heavy (non-hydrogen) atoms. The van der Waals surface area contributed by atoms with Crippen LogP contribution in [0.15, 0.2) is 109 Å². The molecule has 5 nitrogen and oxygen atoms in total. The maximum absolute atomic E-state index is 3.67. The largest absolute Gasteiger partial charge is 0.355 e. The molecular weight excluding hydrogens is 611 g/mol. The molecule has 0 saturated carbocycles. The molecule has 0 aromatic heterocycles. The number of para-hydroxylation sites is 2. The molecule has 0 fully saturated rings. The van der Waals surface area contributed by atoms with Gasteiger partial charge < -0.3 is 10.6 Å². The highest BCUT2D eigenvalue weighted by Crippen LogP contribution is 2.29. The number of hydrogen-bond acceptors (Lipinski definition) is 5. The molecule has 4 aromatic rings. The van der Waals surface area contributed by atoms with E-state index in [0.717, 1.165) is 47.1 Å². The van der Waals surface area contributed by atoms with E-state index in [9.17, 15) is 0 Å². The van der Waals surface area contributed by atoms with Gasteiger partial charge in [0.2, 0.25) is 0 Å². The molecule has 5 rings (SSSR count). The number of aryl methyl sites for hydroxylation is 2. The van der Waals surface area contributed by atoms with Gasteiger partial charge in [-0.05, 0) is 104 Å². The number of hydrazine groups is 2. The zero-order valence-corrected chi connectivity index (χ0v) is 31.0. The number of nitrogens with one attached hydrogen (secondary N) is 3. The topological polar surface area (TPSA) is 42.6 Å². The maximum atomic E-state index is 3.67. The predicted molar refractivity (Wildman–Crippen MR) is 218 cm³/mol. The highest BCUT2D eigenvalue weighted by atomic mass is 15.8. The molecular formula is C45H61N5. The van der Waals surface area contributed by atoms with Gasteiger partial charge in [-0.25, -0.2) is 0 Å². The molecule has 4 aromatic carbocycles. The van der Waals surface area contributed by atoms with Crippen LogP contribution in [0.4, 0.5) is 34.1 Å². The van der Waals surface area contributed by atoms with E-state index in [-0.39, 0.29) is 0 Å². The number of benzene rings is 4. The normalized spacial score (nSPS) is 13.0. The van der Waals surface area contributed by atoms with Gasteiger partial charge in [0.05, 0.1) is 17.9 Å². The van der Waals surface area contributed by atoms with Crippen LogP contribution in [0.5, 0.6) is 0 Å². The molecule has 1 aliphatic heterocycles. The molecule has 0 saturated heterocycles. The zero-order valence-electron chi connectivity index (χ0n) is 31.0. The van der Waals surface area contributed by atoms with Gasteiger partial charge in [-0.1, -0.05) is 127 Å². The summed E-state index contributed by atoms with van der Waals surface area (Å²) in [6.07, 6.45) is 22.9. The summed E-state index contributed by atoms with van der Waals surface area (Å²) in [5, 5.41) is 11.6. The monoisotopic (exact) mass is 671 g/mol. The van der Waals surface area contributed by atoms with Gasteiger partial charge in [0.15, 0.2) is 0 Å². The summed E-state index contributed by atoms with van der Waals surface area (Å²) in [5.41, 5.74) is 14.3. The lowest BCUT2D eigenvalue weighted by atomic mass is 10.0. The lowest BCUT2D eigenvalue weighted by Gasteiger charge is -2.37. The van der Waals surface area contributed by atoms with Crippen LogP contribution < -0.4 is 26.2 Å². The molecule has 0 amide bonds. The van der Waals surface area contributed by atoms with Crippen molar-refractivity contribution in [3.63, 3.8) is 0 Å². The molecule has 0 radical (unpaired) electrons. The predicted octanol–water partition coefficient (Wildman–Crippen LogP) is 13.3. The van der Waals surface area contributed by atoms with E-state index in [4.69, 9.17) is 0 Å². The van der Waals surface area contributed by atoms with Gasteiger partial charge in [-0.3, -0.25) is 10.0 Å². The van der Waals surface area contributed by atoms with Gasteiger partial charge in [0.1, 0.15) is 0 Å². The Balaban J connectivity index is 1.14. The van der Waals surface area contributed by atoms with Crippen molar-refractivity contribution in [1.29, 1.82) is 0 Å². The molecule has 1 heterocycles. The molecule has 1 aliphatic rings. The van der Waals surface area contributed by atoms with Crippen molar-refractivity contribution in [2.45, 2.75) is 117 Å². The fourth-order valence-corrected chi connectivity index (χ4v) is 6.76. The van der Waals surface area contributed by atoms with Crippen molar-refractivity contribution in [2.75, 3.05) is 27.2 Å². The van der Waals surface area contributed by atoms with Crippen LogP contribution in [-0.4, -0.2) is 6.54 Å². The third kappa shape index (κ3) is 12.0. The maximum Gasteiger partial charge on any atom is 0.0590 e. The van der Waals surface area contributed by atoms with E-state index in [1.54, 1.807) is 0 Å². The Morgan fingerprint density at radius 2 is 0.960 bits per heavy atom. The Hall–Kier alpha value is -4.22. The quantitative estimate of drug-likeness (QED) is 0.0769. The number of nitrogens with zero attached hydrogens (tertiary/aromatic N) is 2. The third-order valence-electron chi connectivity index (χ3n) is 9.93. The molecule has 0 spiro atoms. The highest BCUT2D eigenvalue weighted by Gasteiger charge is 2.19. The lowest BCUT2D eigenvalue weighted by molar-refractivity contribution is 0.533. The molecule has 266 valence electrons. The number of hydrogen-bond donors (Lipinski definition) is 3. The summed E-state index contributed by atoms with van der Waals surface area (Å²) in [4.78, 5) is 0. The first-order valence-electron chi connectivity index (χ1n) is 19.5. The molecule has 0 aliphatic carbocycles. The molecule has 0 atom stereocenters. The minimum Gasteiger partial charge on any atom is -0.355 e. The van der Waals surface area contributed by atoms with Gasteiger partial charge >= 0.3 is 0 Å². The first-order chi connectivity index (χ1) is 24.6. The van der Waals surface area contributed by atoms with E-state index in [0.29, 0.717) is 0 Å². The minimum absolute atomic E-state index is 0.867. The third-order valence-corrected chi connectivity index (χ3v) is 9.93. The summed E-state index contributed by atoms with van der Waals surface area (Å²) in [6, 6.07) is 34.3. The lowest BCUT2D eigenvalue weighted by Crippen LogP contribution is -2.52. The van der Waals surface area contributed by atoms with E-state index < -0.39 is 0 Å². The Morgan fingerprint density at radius 1 is 0.520 bits per heavy atom. The van der Waals surface area contributed by atoms with Crippen LogP contribution in [0.1, 0.15) is 114 Å². The Kier molecular flexibility index (Phi) is 15.2. The van der Waals surface area contributed by atoms with Crippen molar-refractivity contribution in [3.05, 3.63) is 120 Å². The second kappa shape index (κ2) is 20.5. The molecule has 0 bridgehead atoms. The van der Waals surface area contributed by atoms with E-state index >= 15 is 0 Å². The van der Waals surface area contributed by atoms with Gasteiger partial charge in [0.25, 0.3) is 0 Å².